The third kappa shape index (κ3) is 4.02. The average Bonchev–Trinajstić information content (AvgIpc) is 3.32. The number of hydrogen-bond acceptors (Lipinski definition) is 3. The number of benzene rings is 1. The Labute approximate surface area is 237 Å². The smallest absolute Gasteiger partial charge is 0.312 e. The van der Waals surface area contributed by atoms with E-state index >= 15 is 0 Å². The van der Waals surface area contributed by atoms with Gasteiger partial charge < -0.3 is 9.84 Å². The highest BCUT2D eigenvalue weighted by atomic mass is 16.5. The van der Waals surface area contributed by atoms with Crippen LogP contribution in [0, 0.1) is 63.1 Å². The third-order valence-corrected chi connectivity index (χ3v) is 14.1. The van der Waals surface area contributed by atoms with E-state index in [1.165, 1.54) is 44.9 Å². The van der Waals surface area contributed by atoms with Gasteiger partial charge in [-0.1, -0.05) is 71.9 Å². The Morgan fingerprint density at radius 2 is 1.56 bits per heavy atom. The average molecular weight is 535 g/mol. The summed E-state index contributed by atoms with van der Waals surface area (Å²) in [7, 11) is 0. The van der Waals surface area contributed by atoms with E-state index in [4.69, 9.17) is 4.74 Å². The predicted octanol–water partition coefficient (Wildman–Crippen LogP) is 8.44. The molecule has 3 heteroatoms. The minimum atomic E-state index is -0.286. The van der Waals surface area contributed by atoms with Crippen molar-refractivity contribution in [3.63, 3.8) is 0 Å². The molecule has 6 rings (SSSR count). The van der Waals surface area contributed by atoms with Crippen LogP contribution in [0.25, 0.3) is 0 Å². The first-order valence-electron chi connectivity index (χ1n) is 16.3. The zero-order valence-corrected chi connectivity index (χ0v) is 25.5. The highest BCUT2D eigenvalue weighted by molar-refractivity contribution is 5.78. The molecule has 0 aromatic heterocycles. The van der Waals surface area contributed by atoms with Gasteiger partial charge in [0, 0.05) is 0 Å². The van der Waals surface area contributed by atoms with E-state index in [-0.39, 0.29) is 22.9 Å². The molecule has 0 aliphatic heterocycles. The van der Waals surface area contributed by atoms with Crippen LogP contribution < -0.4 is 0 Å². The molecule has 0 saturated heterocycles. The van der Waals surface area contributed by atoms with Gasteiger partial charge in [-0.2, -0.15) is 0 Å². The van der Waals surface area contributed by atoms with Gasteiger partial charge >= 0.3 is 5.97 Å². The fraction of sp³-hybridized carbons (Fsp3) is 0.806. The Morgan fingerprint density at radius 3 is 2.28 bits per heavy atom. The first kappa shape index (κ1) is 27.8. The SMILES string of the molecule is CC(C)C1CCC2(C(=O)OCc3ccccc3)CCC3C(CCC4C3(C)CCC3C(C)(C)C(O)CCC34C)C12. The monoisotopic (exact) mass is 534 g/mol. The standard InChI is InChI=1S/C36H54O3/c1-23(2)25-14-20-36(32(38)39-22-24-10-8-7-9-11-24)21-15-27-26(31(25)36)12-13-29-34(27,5)18-16-28-33(3,4)30(37)17-19-35(28,29)6/h7-11,23,25-31,37H,12-22H2,1-6H3. The van der Waals surface area contributed by atoms with E-state index in [0.717, 1.165) is 30.7 Å². The van der Waals surface area contributed by atoms with E-state index in [1.54, 1.807) is 0 Å². The Kier molecular flexibility index (Phi) is 6.84. The Bertz CT molecular complexity index is 1060. The summed E-state index contributed by atoms with van der Waals surface area (Å²) in [5.74, 6) is 4.48. The summed E-state index contributed by atoms with van der Waals surface area (Å²) >= 11 is 0. The zero-order chi connectivity index (χ0) is 27.8. The number of rotatable bonds is 4. The summed E-state index contributed by atoms with van der Waals surface area (Å²) in [4.78, 5) is 14.1. The number of ether oxygens (including phenoxy) is 1. The highest BCUT2D eigenvalue weighted by Crippen LogP contribution is 2.73. The van der Waals surface area contributed by atoms with Crippen LogP contribution in [0.1, 0.15) is 111 Å². The van der Waals surface area contributed by atoms with Crippen molar-refractivity contribution in [1.82, 2.24) is 0 Å². The maximum absolute atomic E-state index is 14.1. The van der Waals surface area contributed by atoms with Crippen LogP contribution in [-0.4, -0.2) is 17.2 Å². The van der Waals surface area contributed by atoms with Crippen LogP contribution in [0.5, 0.6) is 0 Å². The molecule has 10 unspecified atom stereocenters. The van der Waals surface area contributed by atoms with Crippen molar-refractivity contribution >= 4 is 5.97 Å². The molecule has 10 atom stereocenters. The van der Waals surface area contributed by atoms with Crippen molar-refractivity contribution in [2.45, 2.75) is 118 Å². The van der Waals surface area contributed by atoms with Crippen molar-refractivity contribution in [3.05, 3.63) is 35.9 Å². The lowest BCUT2D eigenvalue weighted by molar-refractivity contribution is -0.220. The second-order valence-electron chi connectivity index (χ2n) is 16.1. The summed E-state index contributed by atoms with van der Waals surface area (Å²) in [5, 5.41) is 11.0. The van der Waals surface area contributed by atoms with Crippen LogP contribution in [0.2, 0.25) is 0 Å². The maximum atomic E-state index is 14.1. The Hall–Kier alpha value is -1.35. The van der Waals surface area contributed by atoms with Crippen LogP contribution >= 0.6 is 0 Å². The summed E-state index contributed by atoms with van der Waals surface area (Å²) in [6, 6.07) is 10.2. The van der Waals surface area contributed by atoms with Gasteiger partial charge in [0.2, 0.25) is 0 Å². The lowest BCUT2D eigenvalue weighted by Crippen LogP contribution is -2.63. The summed E-state index contributed by atoms with van der Waals surface area (Å²) in [6.45, 7) is 15.1. The van der Waals surface area contributed by atoms with Crippen molar-refractivity contribution in [2.75, 3.05) is 0 Å². The molecule has 216 valence electrons. The van der Waals surface area contributed by atoms with Crippen molar-refractivity contribution in [3.8, 4) is 0 Å². The van der Waals surface area contributed by atoms with Crippen LogP contribution in [0.3, 0.4) is 0 Å². The molecule has 5 fully saturated rings. The van der Waals surface area contributed by atoms with Crippen molar-refractivity contribution < 1.29 is 14.6 Å². The van der Waals surface area contributed by atoms with Gasteiger partial charge in [0.1, 0.15) is 6.61 Å². The minimum Gasteiger partial charge on any atom is -0.460 e. The lowest BCUT2D eigenvalue weighted by Gasteiger charge is -2.69. The second kappa shape index (κ2) is 9.60. The molecule has 0 spiro atoms. The molecule has 1 N–H and O–H groups in total. The van der Waals surface area contributed by atoms with E-state index < -0.39 is 0 Å². The fourth-order valence-electron chi connectivity index (χ4n) is 12.3. The molecule has 5 aliphatic rings. The molecule has 5 aliphatic carbocycles. The van der Waals surface area contributed by atoms with Gasteiger partial charge in [0.05, 0.1) is 11.5 Å². The first-order chi connectivity index (χ1) is 18.4. The molecule has 0 amide bonds. The number of carbonyl (C=O) groups excluding carboxylic acids is 1. The molecule has 0 heterocycles. The number of hydrogen-bond donors (Lipinski definition) is 1. The second-order valence-corrected chi connectivity index (χ2v) is 16.1. The van der Waals surface area contributed by atoms with E-state index in [0.29, 0.717) is 52.9 Å². The van der Waals surface area contributed by atoms with Gasteiger partial charge in [-0.05, 0) is 127 Å². The maximum Gasteiger partial charge on any atom is 0.312 e. The molecule has 5 saturated carbocycles. The molecular formula is C36H54O3. The van der Waals surface area contributed by atoms with Crippen molar-refractivity contribution in [2.24, 2.45) is 63.1 Å². The molecule has 1 aromatic carbocycles. The largest absolute Gasteiger partial charge is 0.460 e. The topological polar surface area (TPSA) is 46.5 Å². The fourth-order valence-corrected chi connectivity index (χ4v) is 12.3. The quantitative estimate of drug-likeness (QED) is 0.394. The number of fused-ring (bicyclic) bond motifs is 7. The van der Waals surface area contributed by atoms with Gasteiger partial charge in [-0.25, -0.2) is 0 Å². The summed E-state index contributed by atoms with van der Waals surface area (Å²) in [6.07, 6.45) is 11.5. The third-order valence-electron chi connectivity index (χ3n) is 14.1. The zero-order valence-electron chi connectivity index (χ0n) is 25.5. The molecule has 0 bridgehead atoms. The van der Waals surface area contributed by atoms with Gasteiger partial charge in [-0.3, -0.25) is 4.79 Å². The van der Waals surface area contributed by atoms with E-state index in [1.807, 2.05) is 18.2 Å². The normalized spacial score (nSPS) is 46.5. The van der Waals surface area contributed by atoms with Gasteiger partial charge in [-0.15, -0.1) is 0 Å². The molecule has 1 aromatic rings. The molecule has 0 radical (unpaired) electrons. The van der Waals surface area contributed by atoms with Crippen LogP contribution in [-0.2, 0) is 16.1 Å². The van der Waals surface area contributed by atoms with Gasteiger partial charge in [0.25, 0.3) is 0 Å². The Balaban J connectivity index is 1.29. The van der Waals surface area contributed by atoms with Crippen molar-refractivity contribution in [1.29, 1.82) is 0 Å². The van der Waals surface area contributed by atoms with E-state index in [9.17, 15) is 9.90 Å². The Morgan fingerprint density at radius 1 is 0.872 bits per heavy atom. The van der Waals surface area contributed by atoms with Gasteiger partial charge in [0.15, 0.2) is 0 Å². The van der Waals surface area contributed by atoms with Crippen LogP contribution in [0.4, 0.5) is 0 Å². The highest BCUT2D eigenvalue weighted by Gasteiger charge is 2.68. The number of aliphatic hydroxyl groups is 1. The molecule has 3 nitrogen and oxygen atoms in total. The lowest BCUT2D eigenvalue weighted by atomic mass is 9.36. The predicted molar refractivity (Wildman–Crippen MR) is 157 cm³/mol. The molecule has 39 heavy (non-hydrogen) atoms. The summed E-state index contributed by atoms with van der Waals surface area (Å²) in [5.41, 5.74) is 1.47. The number of esters is 1. The molecular weight excluding hydrogens is 480 g/mol. The first-order valence-corrected chi connectivity index (χ1v) is 16.3. The number of carbonyl (C=O) groups is 1. The van der Waals surface area contributed by atoms with E-state index in [2.05, 4.69) is 53.7 Å². The van der Waals surface area contributed by atoms with Crippen LogP contribution in [0.15, 0.2) is 30.3 Å². The minimum absolute atomic E-state index is 0.00357. The summed E-state index contributed by atoms with van der Waals surface area (Å²) < 4.78 is 6.17. The number of aliphatic hydroxyl groups excluding tert-OH is 1.